The second-order valence-corrected chi connectivity index (χ2v) is 13.4. The van der Waals surface area contributed by atoms with Crippen molar-refractivity contribution >= 4 is 21.9 Å². The van der Waals surface area contributed by atoms with Crippen molar-refractivity contribution in [3.63, 3.8) is 0 Å². The molecular weight excluding hydrogens is 673 g/mol. The van der Waals surface area contributed by atoms with Gasteiger partial charge in [0.05, 0.1) is 5.52 Å². The maximum absolute atomic E-state index is 7.14. The molecule has 7 aromatic carbocycles. The molecule has 3 heterocycles. The average molecular weight is 705 g/mol. The molecule has 258 valence electrons. The molecule has 5 nitrogen and oxygen atoms in total. The number of benzene rings is 7. The van der Waals surface area contributed by atoms with Crippen molar-refractivity contribution < 1.29 is 4.42 Å². The summed E-state index contributed by atoms with van der Waals surface area (Å²) in [5.41, 5.74) is 11.4. The molecule has 0 saturated carbocycles. The van der Waals surface area contributed by atoms with Crippen molar-refractivity contribution in [2.75, 3.05) is 0 Å². The van der Waals surface area contributed by atoms with Crippen LogP contribution < -0.4 is 0 Å². The van der Waals surface area contributed by atoms with Gasteiger partial charge in [0.2, 0.25) is 0 Å². The van der Waals surface area contributed by atoms with E-state index in [9.17, 15) is 0 Å². The smallest absolute Gasteiger partial charge is 0.164 e. The number of rotatable bonds is 7. The van der Waals surface area contributed by atoms with Crippen LogP contribution in [0, 0.1) is 0 Å². The van der Waals surface area contributed by atoms with Gasteiger partial charge in [0.1, 0.15) is 11.5 Å². The summed E-state index contributed by atoms with van der Waals surface area (Å²) in [5.74, 6) is 2.55. The maximum atomic E-state index is 7.14. The summed E-state index contributed by atoms with van der Waals surface area (Å²) in [6.45, 7) is 0. The Hall–Kier alpha value is -7.50. The highest BCUT2D eigenvalue weighted by Gasteiger charge is 2.25. The fourth-order valence-electron chi connectivity index (χ4n) is 7.30. The lowest BCUT2D eigenvalue weighted by atomic mass is 9.93. The molecule has 0 amide bonds. The Balaban J connectivity index is 1.23. The van der Waals surface area contributed by atoms with Crippen molar-refractivity contribution in [2.45, 2.75) is 0 Å². The number of nitrogens with zero attached hydrogens (tertiary/aromatic N) is 4. The summed E-state index contributed by atoms with van der Waals surface area (Å²) in [4.78, 5) is 20.2. The zero-order chi connectivity index (χ0) is 36.6. The first-order chi connectivity index (χ1) is 27.3. The van der Waals surface area contributed by atoms with E-state index in [-0.39, 0.29) is 0 Å². The Bertz CT molecular complexity index is 2900. The Kier molecular flexibility index (Phi) is 8.08. The number of hydrogen-bond acceptors (Lipinski definition) is 5. The van der Waals surface area contributed by atoms with Gasteiger partial charge in [-0.15, -0.1) is 0 Å². The number of fused-ring (bicyclic) bond motifs is 3. The Morgan fingerprint density at radius 3 is 1.42 bits per heavy atom. The Labute approximate surface area is 318 Å². The second-order valence-electron chi connectivity index (χ2n) is 13.4. The summed E-state index contributed by atoms with van der Waals surface area (Å²) < 4.78 is 7.14. The zero-order valence-electron chi connectivity index (χ0n) is 29.7. The topological polar surface area (TPSA) is 64.7 Å². The molecule has 0 aliphatic heterocycles. The summed E-state index contributed by atoms with van der Waals surface area (Å²) in [6.07, 6.45) is 0. The van der Waals surface area contributed by atoms with E-state index in [1.807, 2.05) is 103 Å². The first kappa shape index (κ1) is 32.2. The van der Waals surface area contributed by atoms with Crippen molar-refractivity contribution in [3.8, 4) is 79.0 Å². The number of aromatic nitrogens is 4. The van der Waals surface area contributed by atoms with Gasteiger partial charge >= 0.3 is 0 Å². The van der Waals surface area contributed by atoms with Crippen molar-refractivity contribution in [2.24, 2.45) is 0 Å². The summed E-state index contributed by atoms with van der Waals surface area (Å²) in [5, 5.41) is 2.05. The fraction of sp³-hybridized carbons (Fsp3) is 0. The van der Waals surface area contributed by atoms with Crippen molar-refractivity contribution in [3.05, 3.63) is 194 Å². The average Bonchev–Trinajstić information content (AvgIpc) is 3.69. The van der Waals surface area contributed by atoms with Crippen LogP contribution in [-0.4, -0.2) is 19.9 Å². The molecule has 0 aliphatic rings. The van der Waals surface area contributed by atoms with Crippen LogP contribution in [0.25, 0.3) is 101 Å². The molecule has 3 aromatic heterocycles. The van der Waals surface area contributed by atoms with Gasteiger partial charge in [0.25, 0.3) is 0 Å². The van der Waals surface area contributed by atoms with Crippen LogP contribution in [-0.2, 0) is 0 Å². The molecule has 0 fully saturated rings. The molecule has 10 aromatic rings. The Morgan fingerprint density at radius 2 is 0.782 bits per heavy atom. The molecule has 0 N–H and O–H groups in total. The van der Waals surface area contributed by atoms with Gasteiger partial charge in [-0.25, -0.2) is 19.9 Å². The van der Waals surface area contributed by atoms with Crippen LogP contribution in [0.2, 0.25) is 0 Å². The van der Waals surface area contributed by atoms with Crippen LogP contribution in [0.15, 0.2) is 199 Å². The second kappa shape index (κ2) is 13.8. The highest BCUT2D eigenvalue weighted by molar-refractivity contribution is 6.18. The van der Waals surface area contributed by atoms with Crippen LogP contribution in [0.4, 0.5) is 0 Å². The third-order valence-corrected chi connectivity index (χ3v) is 9.92. The monoisotopic (exact) mass is 704 g/mol. The molecule has 0 saturated heterocycles. The van der Waals surface area contributed by atoms with E-state index in [1.165, 1.54) is 0 Å². The molecule has 0 spiro atoms. The maximum Gasteiger partial charge on any atom is 0.164 e. The highest BCUT2D eigenvalue weighted by atomic mass is 16.3. The fourth-order valence-corrected chi connectivity index (χ4v) is 7.30. The third-order valence-electron chi connectivity index (χ3n) is 9.92. The van der Waals surface area contributed by atoms with Crippen LogP contribution >= 0.6 is 0 Å². The first-order valence-electron chi connectivity index (χ1n) is 18.3. The number of hydrogen-bond donors (Lipinski definition) is 0. The van der Waals surface area contributed by atoms with Gasteiger partial charge in [-0.1, -0.05) is 176 Å². The van der Waals surface area contributed by atoms with E-state index < -0.39 is 0 Å². The molecule has 0 radical (unpaired) electrons. The molecule has 5 heteroatoms. The Morgan fingerprint density at radius 1 is 0.327 bits per heavy atom. The number of pyridine rings is 1. The molecular formula is C50H32N4O. The van der Waals surface area contributed by atoms with Crippen LogP contribution in [0.5, 0.6) is 0 Å². The minimum absolute atomic E-state index is 0.579. The van der Waals surface area contributed by atoms with Gasteiger partial charge in [-0.2, -0.15) is 0 Å². The number of furan rings is 1. The van der Waals surface area contributed by atoms with E-state index in [0.29, 0.717) is 17.5 Å². The van der Waals surface area contributed by atoms with Gasteiger partial charge in [0.15, 0.2) is 23.1 Å². The van der Waals surface area contributed by atoms with E-state index in [0.717, 1.165) is 83.4 Å². The van der Waals surface area contributed by atoms with E-state index in [1.54, 1.807) is 0 Å². The first-order valence-corrected chi connectivity index (χ1v) is 18.3. The zero-order valence-corrected chi connectivity index (χ0v) is 29.7. The van der Waals surface area contributed by atoms with Gasteiger partial charge in [0, 0.05) is 44.2 Å². The van der Waals surface area contributed by atoms with E-state index in [4.69, 9.17) is 24.4 Å². The molecule has 55 heavy (non-hydrogen) atoms. The van der Waals surface area contributed by atoms with E-state index >= 15 is 0 Å². The minimum Gasteiger partial charge on any atom is -0.453 e. The molecule has 0 atom stereocenters. The molecule has 0 bridgehead atoms. The predicted octanol–water partition coefficient (Wildman–Crippen LogP) is 12.8. The normalized spacial score (nSPS) is 11.3. The quantitative estimate of drug-likeness (QED) is 0.165. The molecule has 0 aliphatic carbocycles. The van der Waals surface area contributed by atoms with Crippen molar-refractivity contribution in [1.29, 1.82) is 0 Å². The van der Waals surface area contributed by atoms with Gasteiger partial charge in [-0.05, 0) is 34.9 Å². The summed E-state index contributed by atoms with van der Waals surface area (Å²) in [7, 11) is 0. The van der Waals surface area contributed by atoms with Gasteiger partial charge in [-0.3, -0.25) is 0 Å². The summed E-state index contributed by atoms with van der Waals surface area (Å²) >= 11 is 0. The van der Waals surface area contributed by atoms with E-state index in [2.05, 4.69) is 91.0 Å². The lowest BCUT2D eigenvalue weighted by Gasteiger charge is -2.11. The van der Waals surface area contributed by atoms with Crippen molar-refractivity contribution in [1.82, 2.24) is 19.9 Å². The van der Waals surface area contributed by atoms with Crippen LogP contribution in [0.3, 0.4) is 0 Å². The van der Waals surface area contributed by atoms with Gasteiger partial charge < -0.3 is 4.42 Å². The SMILES string of the molecule is c1ccc(-c2cccc(-c3c(-c4cccc(-c5nc(-c6ccccc6)nc(-c6ccccc6)n5)c4)oc4c(-c5ccccc5)nc5ccccc5c34)c2)cc1. The van der Waals surface area contributed by atoms with Crippen LogP contribution in [0.1, 0.15) is 0 Å². The predicted molar refractivity (Wildman–Crippen MR) is 223 cm³/mol. The standard InChI is InChI=1S/C50H32N4O/c1-5-17-33(18-6-1)37-25-15-26-38(31-37)43-44-41-29-13-14-30-42(41)51-45(34-19-7-2-8-20-34)47(44)55-46(43)39-27-16-28-40(32-39)50-53-48(35-21-9-3-10-22-35)52-49(54-50)36-23-11-4-12-24-36/h1-32H. The molecule has 10 rings (SSSR count). The minimum atomic E-state index is 0.579. The summed E-state index contributed by atoms with van der Waals surface area (Å²) in [6, 6.07) is 66.2. The number of para-hydroxylation sites is 1. The molecule has 0 unspecified atom stereocenters. The highest BCUT2D eigenvalue weighted by Crippen LogP contribution is 2.47. The lowest BCUT2D eigenvalue weighted by molar-refractivity contribution is 0.632. The largest absolute Gasteiger partial charge is 0.453 e. The third kappa shape index (κ3) is 6.04. The lowest BCUT2D eigenvalue weighted by Crippen LogP contribution is -2.00.